The minimum Gasteiger partial charge on any atom is -0.350 e. The summed E-state index contributed by atoms with van der Waals surface area (Å²) < 4.78 is 17.9. The highest BCUT2D eigenvalue weighted by atomic mass is 19.1. The van der Waals surface area contributed by atoms with Crippen molar-refractivity contribution in [2.75, 3.05) is 75.7 Å². The van der Waals surface area contributed by atoms with Gasteiger partial charge in [0.1, 0.15) is 17.4 Å². The molecule has 83 heavy (non-hydrogen) atoms. The Morgan fingerprint density at radius 3 is 2.30 bits per heavy atom. The number of fused-ring (bicyclic) bond motifs is 4. The van der Waals surface area contributed by atoms with Crippen LogP contribution < -0.4 is 20.9 Å². The molecule has 1 aliphatic carbocycles. The number of likely N-dealkylation sites (tertiary alicyclic amines) is 2. The molecule has 3 N–H and O–H groups in total. The lowest BCUT2D eigenvalue weighted by Gasteiger charge is -2.48. The van der Waals surface area contributed by atoms with Gasteiger partial charge in [-0.25, -0.2) is 14.4 Å². The summed E-state index contributed by atoms with van der Waals surface area (Å²) >= 11 is 0. The predicted octanol–water partition coefficient (Wildman–Crippen LogP) is 6.88. The maximum atomic E-state index is 15.9. The van der Waals surface area contributed by atoms with Crippen LogP contribution in [0, 0.1) is 12.7 Å². The molecule has 2 aromatic heterocycles. The zero-order chi connectivity index (χ0) is 58.0. The normalized spacial score (nSPS) is 22.2. The Hall–Kier alpha value is -7.42. The van der Waals surface area contributed by atoms with Crippen molar-refractivity contribution in [3.8, 4) is 11.3 Å². The second kappa shape index (κ2) is 22.6. The summed E-state index contributed by atoms with van der Waals surface area (Å²) in [5, 5.41) is 8.46. The van der Waals surface area contributed by atoms with Crippen molar-refractivity contribution in [2.24, 2.45) is 0 Å². The van der Waals surface area contributed by atoms with E-state index in [4.69, 9.17) is 9.97 Å². The number of aromatic nitrogens is 3. The number of benzene rings is 3. The van der Waals surface area contributed by atoms with Crippen LogP contribution in [0.15, 0.2) is 60.9 Å². The van der Waals surface area contributed by atoms with Gasteiger partial charge in [0, 0.05) is 86.7 Å². The van der Waals surface area contributed by atoms with E-state index in [2.05, 4.69) is 47.7 Å². The summed E-state index contributed by atoms with van der Waals surface area (Å²) in [5.41, 5.74) is 6.21. The molecule has 12 rings (SSSR count). The molecule has 4 saturated heterocycles. The van der Waals surface area contributed by atoms with Gasteiger partial charge in [0.15, 0.2) is 5.82 Å². The van der Waals surface area contributed by atoms with E-state index >= 15 is 9.18 Å². The monoisotopic (exact) mass is 1130 g/mol. The van der Waals surface area contributed by atoms with Crippen molar-refractivity contribution in [1.82, 2.24) is 49.7 Å². The van der Waals surface area contributed by atoms with Crippen molar-refractivity contribution < 1.29 is 38.0 Å². The molecular weight excluding hydrogens is 1060 g/mol. The van der Waals surface area contributed by atoms with Gasteiger partial charge in [-0.05, 0) is 159 Å². The molecule has 5 aromatic rings. The predicted molar refractivity (Wildman–Crippen MR) is 312 cm³/mol. The highest BCUT2D eigenvalue weighted by Crippen LogP contribution is 2.52. The number of amides is 7. The second-order valence-electron chi connectivity index (χ2n) is 24.6. The van der Waals surface area contributed by atoms with Gasteiger partial charge in [-0.1, -0.05) is 30.7 Å². The van der Waals surface area contributed by atoms with Crippen LogP contribution in [-0.2, 0) is 31.0 Å². The van der Waals surface area contributed by atoms with Gasteiger partial charge >= 0.3 is 0 Å². The Bertz CT molecular complexity index is 3440. The van der Waals surface area contributed by atoms with Gasteiger partial charge in [0.25, 0.3) is 17.7 Å². The Balaban J connectivity index is 0.724. The Kier molecular flexibility index (Phi) is 15.3. The molecule has 0 radical (unpaired) electrons. The molecule has 0 bridgehead atoms. The maximum Gasteiger partial charge on any atom is 0.262 e. The topological polar surface area (TPSA) is 206 Å². The van der Waals surface area contributed by atoms with Crippen molar-refractivity contribution in [3.63, 3.8) is 0 Å². The number of imide groups is 2. The molecule has 7 aliphatic rings. The zero-order valence-electron chi connectivity index (χ0n) is 48.3. The van der Waals surface area contributed by atoms with Gasteiger partial charge in [-0.2, -0.15) is 0 Å². The number of nitrogens with one attached hydrogen (secondary N) is 3. The summed E-state index contributed by atoms with van der Waals surface area (Å²) in [4.78, 5) is 116. The van der Waals surface area contributed by atoms with E-state index in [9.17, 15) is 28.8 Å². The first kappa shape index (κ1) is 56.1. The van der Waals surface area contributed by atoms with E-state index in [-0.39, 0.29) is 54.4 Å². The molecule has 7 amide bonds. The number of hydrogen-bond acceptors (Lipinski definition) is 13. The number of piperidine rings is 3. The molecule has 5 fully saturated rings. The largest absolute Gasteiger partial charge is 0.350 e. The summed E-state index contributed by atoms with van der Waals surface area (Å²) in [6, 6.07) is 15.7. The Labute approximate surface area is 483 Å². The number of hydrogen-bond donors (Lipinski definition) is 3. The van der Waals surface area contributed by atoms with E-state index in [0.717, 1.165) is 92.4 Å². The second-order valence-corrected chi connectivity index (χ2v) is 24.6. The molecule has 8 heterocycles. The maximum absolute atomic E-state index is 15.9. The first-order chi connectivity index (χ1) is 40.0. The number of anilines is 3. The van der Waals surface area contributed by atoms with Crippen LogP contribution in [0.1, 0.15) is 146 Å². The molecule has 3 aromatic carbocycles. The van der Waals surface area contributed by atoms with Gasteiger partial charge in [-0.3, -0.25) is 48.7 Å². The summed E-state index contributed by atoms with van der Waals surface area (Å²) in [6.07, 6.45) is 9.75. The summed E-state index contributed by atoms with van der Waals surface area (Å²) in [7, 11) is 0. The minimum absolute atomic E-state index is 0.0101. The number of aryl methyl sites for hydroxylation is 2. The van der Waals surface area contributed by atoms with Crippen LogP contribution in [-0.4, -0.2) is 170 Å². The molecule has 436 valence electrons. The lowest BCUT2D eigenvalue weighted by molar-refractivity contribution is -0.137. The fraction of sp³-hybridized carbons (Fsp3) is 0.508. The lowest BCUT2D eigenvalue weighted by Crippen LogP contribution is -2.58. The molecule has 1 unspecified atom stereocenters. The van der Waals surface area contributed by atoms with E-state index in [1.807, 2.05) is 55.4 Å². The molecule has 1 spiro atoms. The molecule has 6 aliphatic heterocycles. The first-order valence-corrected chi connectivity index (χ1v) is 30.0. The minimum atomic E-state index is -1.01. The number of pyridine rings is 1. The fourth-order valence-electron chi connectivity index (χ4n) is 14.0. The summed E-state index contributed by atoms with van der Waals surface area (Å²) in [6.45, 7) is 16.8. The zero-order valence-corrected chi connectivity index (χ0v) is 48.3. The average molecular weight is 1130 g/mol. The van der Waals surface area contributed by atoms with Crippen LogP contribution in [0.2, 0.25) is 0 Å². The van der Waals surface area contributed by atoms with Gasteiger partial charge in [0.2, 0.25) is 23.6 Å². The molecular formula is C63H75FN12O7. The van der Waals surface area contributed by atoms with Crippen molar-refractivity contribution in [3.05, 3.63) is 100 Å². The van der Waals surface area contributed by atoms with Crippen LogP contribution in [0.3, 0.4) is 0 Å². The lowest BCUT2D eigenvalue weighted by atomic mass is 9.73. The number of carbonyl (C=O) groups excluding carboxylic acids is 7. The highest BCUT2D eigenvalue weighted by Gasteiger charge is 2.56. The number of piperazine rings is 1. The Morgan fingerprint density at radius 2 is 1.58 bits per heavy atom. The SMILES string of the molecule is Cc1cc(F)c(Nc2nc(-c3ccc4c(c3)N(C3CC(N5CCCCC5)C3)C(=O)C43CCN(C(=O)CN4CCN(CCCc5cccc6c5C(=O)N(C5CCC(=O)NC5=O)C6=O)CC4)CC3)cc3ncn(C(C)C)c23)cc1C(=O)NC(C)C. The number of halogens is 1. The number of nitrogens with zero attached hydrogens (tertiary/aromatic N) is 9. The third-order valence-electron chi connectivity index (χ3n) is 18.7. The first-order valence-electron chi connectivity index (χ1n) is 30.0. The smallest absolute Gasteiger partial charge is 0.262 e. The van der Waals surface area contributed by atoms with Gasteiger partial charge in [-0.15, -0.1) is 0 Å². The van der Waals surface area contributed by atoms with E-state index < -0.39 is 40.9 Å². The fourth-order valence-corrected chi connectivity index (χ4v) is 14.0. The molecule has 20 heteroatoms. The molecule has 1 atom stereocenters. The Morgan fingerprint density at radius 1 is 0.831 bits per heavy atom. The van der Waals surface area contributed by atoms with Crippen molar-refractivity contribution in [2.45, 2.75) is 141 Å². The average Bonchev–Trinajstić information content (AvgIpc) is 3.47. The van der Waals surface area contributed by atoms with E-state index in [0.29, 0.717) is 89.7 Å². The quantitative estimate of drug-likeness (QED) is 0.0916. The van der Waals surface area contributed by atoms with Crippen LogP contribution in [0.5, 0.6) is 0 Å². The molecule has 19 nitrogen and oxygen atoms in total. The van der Waals surface area contributed by atoms with E-state index in [1.165, 1.54) is 31.4 Å². The third-order valence-corrected chi connectivity index (χ3v) is 18.7. The van der Waals surface area contributed by atoms with Gasteiger partial charge in [0.05, 0.1) is 46.3 Å². The third kappa shape index (κ3) is 10.5. The van der Waals surface area contributed by atoms with Gasteiger partial charge < -0.3 is 34.8 Å². The summed E-state index contributed by atoms with van der Waals surface area (Å²) in [5.74, 6) is -2.29. The van der Waals surface area contributed by atoms with E-state index in [1.54, 1.807) is 25.4 Å². The number of imidazole rings is 1. The van der Waals surface area contributed by atoms with Crippen LogP contribution >= 0.6 is 0 Å². The number of rotatable bonds is 15. The standard InChI is InChI=1S/C63H75FN12O7/c1-37(2)66-58(79)45-33-49(47(64)29-39(45)5)68-57-56-50(65-36-74(56)38(3)4)34-48(67-57)41-14-15-46-52(30-41)75(43-31-42(32-43)72-21-7-6-8-22-72)62(83)63(46)18-23-73(24-19-63)54(78)35-71-27-25-70(26-28-71)20-10-12-40-11-9-13-44-55(40)61(82)76(60(44)81)51-16-17-53(77)69-59(51)80/h9,11,13-15,29-30,33-34,36-38,42-43,51H,6-8,10,12,16-28,31-32,35H2,1-5H3,(H,66,79)(H,67,68)(H,69,77,80). The number of carbonyl (C=O) groups is 7. The molecule has 1 saturated carbocycles. The van der Waals surface area contributed by atoms with Crippen LogP contribution in [0.25, 0.3) is 22.3 Å². The van der Waals surface area contributed by atoms with Crippen molar-refractivity contribution >= 4 is 69.6 Å². The van der Waals surface area contributed by atoms with Crippen LogP contribution in [0.4, 0.5) is 21.6 Å². The highest BCUT2D eigenvalue weighted by molar-refractivity contribution is 6.24. The van der Waals surface area contributed by atoms with Crippen molar-refractivity contribution in [1.29, 1.82) is 0 Å².